The minimum Gasteiger partial charge on any atom is -0.373 e. The van der Waals surface area contributed by atoms with Crippen molar-refractivity contribution in [2.45, 2.75) is 25.1 Å². The molecule has 1 aliphatic carbocycles. The van der Waals surface area contributed by atoms with Crippen molar-refractivity contribution in [1.82, 2.24) is 21.3 Å². The lowest BCUT2D eigenvalue weighted by atomic mass is 9.79. The first-order chi connectivity index (χ1) is 14.3. The van der Waals surface area contributed by atoms with E-state index in [0.717, 1.165) is 5.56 Å². The number of aliphatic hydroxyl groups is 1. The summed E-state index contributed by atoms with van der Waals surface area (Å²) in [4.78, 5) is 23.9. The number of carbonyl (C=O) groups is 2. The third-order valence-electron chi connectivity index (χ3n) is 5.36. The van der Waals surface area contributed by atoms with Gasteiger partial charge in [0, 0.05) is 23.6 Å². The number of rotatable bonds is 6. The van der Waals surface area contributed by atoms with Crippen LogP contribution in [0.2, 0.25) is 0 Å². The molecule has 1 aromatic carbocycles. The van der Waals surface area contributed by atoms with Gasteiger partial charge in [-0.05, 0) is 12.8 Å². The van der Waals surface area contributed by atoms with Gasteiger partial charge < -0.3 is 9.63 Å². The van der Waals surface area contributed by atoms with E-state index in [1.807, 2.05) is 30.3 Å². The highest BCUT2D eigenvalue weighted by Gasteiger charge is 2.40. The molecule has 2 heterocycles. The van der Waals surface area contributed by atoms with Gasteiger partial charge in [0.2, 0.25) is 11.8 Å². The maximum Gasteiger partial charge on any atom is 0.243 e. The van der Waals surface area contributed by atoms with Gasteiger partial charge in [-0.2, -0.15) is 0 Å². The molecular formula is C19H22N4O6S. The zero-order valence-electron chi connectivity index (χ0n) is 15.9. The average Bonchev–Trinajstić information content (AvgIpc) is 3.17. The summed E-state index contributed by atoms with van der Waals surface area (Å²) in [5.41, 5.74) is 5.82. The fourth-order valence-corrected chi connectivity index (χ4v) is 4.91. The van der Waals surface area contributed by atoms with E-state index in [0.29, 0.717) is 24.3 Å². The number of aromatic nitrogens is 1. The van der Waals surface area contributed by atoms with E-state index in [2.05, 4.69) is 21.3 Å². The minimum absolute atomic E-state index is 0.0832. The number of amides is 2. The van der Waals surface area contributed by atoms with Crippen molar-refractivity contribution in [1.29, 1.82) is 0 Å². The van der Waals surface area contributed by atoms with E-state index in [9.17, 15) is 23.1 Å². The number of sulfone groups is 1. The van der Waals surface area contributed by atoms with E-state index < -0.39 is 27.9 Å². The number of nitrogens with one attached hydrogen (secondary N) is 3. The van der Waals surface area contributed by atoms with Crippen molar-refractivity contribution >= 4 is 21.7 Å². The predicted octanol–water partition coefficient (Wildman–Crippen LogP) is -0.107. The zero-order valence-corrected chi connectivity index (χ0v) is 16.8. The first kappa shape index (κ1) is 20.5. The summed E-state index contributed by atoms with van der Waals surface area (Å²) in [6, 6.07) is 11.0. The van der Waals surface area contributed by atoms with Gasteiger partial charge in [0.1, 0.15) is 5.69 Å². The maximum absolute atomic E-state index is 12.1. The molecule has 1 saturated heterocycles. The summed E-state index contributed by atoms with van der Waals surface area (Å²) in [5, 5.41) is 17.2. The fourth-order valence-electron chi connectivity index (χ4n) is 3.48. The second kappa shape index (κ2) is 8.17. The lowest BCUT2D eigenvalue weighted by molar-refractivity contribution is -0.134. The second-order valence-electron chi connectivity index (χ2n) is 7.67. The van der Waals surface area contributed by atoms with E-state index >= 15 is 0 Å². The minimum atomic E-state index is -3.10. The quantitative estimate of drug-likeness (QED) is 0.363. The summed E-state index contributed by atoms with van der Waals surface area (Å²) >= 11 is 0. The van der Waals surface area contributed by atoms with Crippen molar-refractivity contribution in [3.63, 3.8) is 0 Å². The summed E-state index contributed by atoms with van der Waals surface area (Å²) in [5.74, 6) is -1.57. The molecule has 30 heavy (non-hydrogen) atoms. The third-order valence-corrected chi connectivity index (χ3v) is 7.18. The van der Waals surface area contributed by atoms with Crippen molar-refractivity contribution in [2.75, 3.05) is 11.5 Å². The number of benzene rings is 1. The monoisotopic (exact) mass is 434 g/mol. The molecule has 2 amide bonds. The van der Waals surface area contributed by atoms with Gasteiger partial charge in [-0.15, -0.1) is 0 Å². The average molecular weight is 434 g/mol. The number of hydrogen-bond acceptors (Lipinski definition) is 8. The number of nitrogens with zero attached hydrogens (tertiary/aromatic N) is 1. The van der Waals surface area contributed by atoms with Crippen LogP contribution in [0, 0.1) is 11.8 Å². The van der Waals surface area contributed by atoms with Gasteiger partial charge in [0.05, 0.1) is 17.4 Å². The van der Waals surface area contributed by atoms with Gasteiger partial charge in [0.15, 0.2) is 21.8 Å². The summed E-state index contributed by atoms with van der Waals surface area (Å²) in [6.45, 7) is 0. The van der Waals surface area contributed by atoms with Gasteiger partial charge in [0.25, 0.3) is 0 Å². The Hall–Kier alpha value is -2.76. The number of aliphatic hydroxyl groups excluding tert-OH is 1. The highest BCUT2D eigenvalue weighted by molar-refractivity contribution is 7.92. The number of hydrogen-bond donors (Lipinski definition) is 4. The van der Waals surface area contributed by atoms with Crippen molar-refractivity contribution in [3.8, 4) is 11.3 Å². The lowest BCUT2D eigenvalue weighted by Gasteiger charge is -2.36. The molecule has 0 spiro atoms. The maximum atomic E-state index is 12.1. The first-order valence-corrected chi connectivity index (χ1v) is 11.4. The van der Waals surface area contributed by atoms with Gasteiger partial charge >= 0.3 is 0 Å². The van der Waals surface area contributed by atoms with Crippen LogP contribution >= 0.6 is 0 Å². The first-order valence-electron chi connectivity index (χ1n) is 9.57. The molecule has 2 aliphatic rings. The van der Waals surface area contributed by atoms with E-state index in [4.69, 9.17) is 4.52 Å². The van der Waals surface area contributed by atoms with Crippen molar-refractivity contribution < 1.29 is 27.6 Å². The van der Waals surface area contributed by atoms with Crippen molar-refractivity contribution in [3.05, 3.63) is 42.1 Å². The Kier molecular flexibility index (Phi) is 5.58. The molecule has 2 aromatic rings. The smallest absolute Gasteiger partial charge is 0.243 e. The van der Waals surface area contributed by atoms with Crippen LogP contribution in [0.3, 0.4) is 0 Å². The van der Waals surface area contributed by atoms with Crippen LogP contribution in [0.15, 0.2) is 40.9 Å². The molecule has 1 aromatic heterocycles. The standard InChI is InChI=1S/C19H22N4O6S/c24-17(21-22-18(25)13-9-30(27,28)10-13)12-6-14(7-12)20-19(26)15-8-16(29-23-15)11-4-2-1-3-5-11/h1-5,8,12-14,19-20,26H,6-7,9-10H2,(H,21,24)(H,22,25). The zero-order chi connectivity index (χ0) is 21.3. The van der Waals surface area contributed by atoms with Crippen LogP contribution < -0.4 is 16.2 Å². The molecule has 160 valence electrons. The number of hydrazine groups is 1. The second-order valence-corrected chi connectivity index (χ2v) is 9.82. The normalized spacial score (nSPS) is 23.6. The summed E-state index contributed by atoms with van der Waals surface area (Å²) in [6.07, 6.45) is -0.0552. The molecule has 4 rings (SSSR count). The predicted molar refractivity (Wildman–Crippen MR) is 105 cm³/mol. The topological polar surface area (TPSA) is 151 Å². The molecule has 4 N–H and O–H groups in total. The molecule has 1 saturated carbocycles. The summed E-state index contributed by atoms with van der Waals surface area (Å²) < 4.78 is 27.5. The highest BCUT2D eigenvalue weighted by atomic mass is 32.2. The Balaban J connectivity index is 1.19. The summed E-state index contributed by atoms with van der Waals surface area (Å²) in [7, 11) is -3.10. The van der Waals surface area contributed by atoms with Crippen LogP contribution in [0.4, 0.5) is 0 Å². The number of carbonyl (C=O) groups excluding carboxylic acids is 2. The Morgan fingerprint density at radius 3 is 2.33 bits per heavy atom. The molecular weight excluding hydrogens is 412 g/mol. The SMILES string of the molecule is O=C(NNC(=O)C1CS(=O)(=O)C1)C1CC(NC(O)c2cc(-c3ccccc3)on2)C1. The van der Waals surface area contributed by atoms with E-state index in [1.165, 1.54) is 0 Å². The Morgan fingerprint density at radius 2 is 1.70 bits per heavy atom. The molecule has 1 atom stereocenters. The molecule has 0 bridgehead atoms. The van der Waals surface area contributed by atoms with Gasteiger partial charge in [-0.25, -0.2) is 8.42 Å². The molecule has 10 nitrogen and oxygen atoms in total. The molecule has 11 heteroatoms. The van der Waals surface area contributed by atoms with E-state index in [-0.39, 0.29) is 29.4 Å². The molecule has 0 radical (unpaired) electrons. The third kappa shape index (κ3) is 4.53. The molecule has 1 unspecified atom stereocenters. The lowest BCUT2D eigenvalue weighted by Crippen LogP contribution is -2.55. The Morgan fingerprint density at radius 1 is 1.07 bits per heavy atom. The van der Waals surface area contributed by atoms with Crippen LogP contribution in [-0.2, 0) is 19.4 Å². The van der Waals surface area contributed by atoms with Crippen LogP contribution in [0.5, 0.6) is 0 Å². The van der Waals surface area contributed by atoms with Gasteiger partial charge in [-0.3, -0.25) is 25.8 Å². The van der Waals surface area contributed by atoms with Gasteiger partial charge in [-0.1, -0.05) is 35.5 Å². The van der Waals surface area contributed by atoms with Crippen LogP contribution in [0.25, 0.3) is 11.3 Å². The van der Waals surface area contributed by atoms with Crippen LogP contribution in [-0.4, -0.2) is 48.0 Å². The van der Waals surface area contributed by atoms with Crippen LogP contribution in [0.1, 0.15) is 24.8 Å². The molecule has 1 aliphatic heterocycles. The Labute approximate surface area is 172 Å². The van der Waals surface area contributed by atoms with E-state index in [1.54, 1.807) is 6.07 Å². The fraction of sp³-hybridized carbons (Fsp3) is 0.421. The molecule has 2 fully saturated rings. The largest absolute Gasteiger partial charge is 0.373 e. The Bertz CT molecular complexity index is 1020. The highest BCUT2D eigenvalue weighted by Crippen LogP contribution is 2.30. The van der Waals surface area contributed by atoms with Crippen molar-refractivity contribution in [2.24, 2.45) is 11.8 Å².